The van der Waals surface area contributed by atoms with Crippen molar-refractivity contribution in [3.05, 3.63) is 41.3 Å². The van der Waals surface area contributed by atoms with Crippen LogP contribution in [0, 0.1) is 11.8 Å². The molecule has 0 spiro atoms. The van der Waals surface area contributed by atoms with Gasteiger partial charge in [-0.1, -0.05) is 44.2 Å². The molecule has 8 nitrogen and oxygen atoms in total. The molecule has 4 rings (SSSR count). The molecule has 2 heterocycles. The number of rotatable bonds is 9. The standard InChI is InChI=1S/C31H42N2O6S/c1-5-22(3)39-31(36)38-20-37-30(35)28-26(19-27(40-28)23-9-7-6-8-10-23)33(25-15-17-32(4)18-16-25)29(34)24-13-11-21(2)12-14-24/h6-10,19,21-22,24-25H,5,11-18,20H2,1-4H3/t21?,22-,24?/m1/s1. The molecule has 0 radical (unpaired) electrons. The van der Waals surface area contributed by atoms with Gasteiger partial charge in [-0.3, -0.25) is 4.79 Å². The first kappa shape index (κ1) is 30.1. The van der Waals surface area contributed by atoms with Gasteiger partial charge < -0.3 is 24.0 Å². The van der Waals surface area contributed by atoms with Gasteiger partial charge in [0.2, 0.25) is 12.7 Å². The van der Waals surface area contributed by atoms with Crippen LogP contribution in [0.1, 0.15) is 75.4 Å². The molecule has 0 unspecified atom stereocenters. The Morgan fingerprint density at radius 2 is 1.70 bits per heavy atom. The zero-order chi connectivity index (χ0) is 28.6. The first-order valence-electron chi connectivity index (χ1n) is 14.5. The van der Waals surface area contributed by atoms with E-state index in [9.17, 15) is 14.4 Å². The Morgan fingerprint density at radius 3 is 2.35 bits per heavy atom. The molecular formula is C31H42N2O6S. The minimum atomic E-state index is -0.881. The van der Waals surface area contributed by atoms with Gasteiger partial charge in [-0.25, -0.2) is 9.59 Å². The van der Waals surface area contributed by atoms with Crippen LogP contribution in [-0.4, -0.2) is 62.0 Å². The number of hydrogen-bond donors (Lipinski definition) is 0. The molecule has 1 aromatic carbocycles. The van der Waals surface area contributed by atoms with E-state index >= 15 is 0 Å². The molecule has 2 aromatic rings. The molecule has 1 atom stereocenters. The summed E-state index contributed by atoms with van der Waals surface area (Å²) >= 11 is 1.30. The summed E-state index contributed by atoms with van der Waals surface area (Å²) in [7, 11) is 2.10. The van der Waals surface area contributed by atoms with E-state index in [0.717, 1.165) is 62.1 Å². The summed E-state index contributed by atoms with van der Waals surface area (Å²) in [6, 6.07) is 11.8. The summed E-state index contributed by atoms with van der Waals surface area (Å²) in [5.41, 5.74) is 1.55. The molecule has 0 bridgehead atoms. The lowest BCUT2D eigenvalue weighted by Crippen LogP contribution is -2.49. The van der Waals surface area contributed by atoms with Crippen molar-refractivity contribution in [2.45, 2.75) is 77.9 Å². The van der Waals surface area contributed by atoms with Crippen molar-refractivity contribution in [3.8, 4) is 10.4 Å². The predicted molar refractivity (Wildman–Crippen MR) is 156 cm³/mol. The Balaban J connectivity index is 1.64. The minimum absolute atomic E-state index is 0.00502. The van der Waals surface area contributed by atoms with E-state index in [2.05, 4.69) is 18.9 Å². The van der Waals surface area contributed by atoms with Crippen molar-refractivity contribution < 1.29 is 28.6 Å². The van der Waals surface area contributed by atoms with E-state index in [-0.39, 0.29) is 24.0 Å². The molecule has 2 aliphatic rings. The number of benzene rings is 1. The lowest BCUT2D eigenvalue weighted by Gasteiger charge is -2.40. The van der Waals surface area contributed by atoms with Crippen LogP contribution >= 0.6 is 11.3 Å². The molecule has 9 heteroatoms. The molecule has 0 N–H and O–H groups in total. The number of piperidine rings is 1. The highest BCUT2D eigenvalue weighted by atomic mass is 32.1. The summed E-state index contributed by atoms with van der Waals surface area (Å²) in [5.74, 6) is 0.0467. The van der Waals surface area contributed by atoms with Crippen molar-refractivity contribution in [3.63, 3.8) is 0 Å². The largest absolute Gasteiger partial charge is 0.511 e. The number of hydrogen-bond acceptors (Lipinski definition) is 8. The highest BCUT2D eigenvalue weighted by molar-refractivity contribution is 7.18. The number of ether oxygens (including phenoxy) is 3. The molecule has 1 aliphatic heterocycles. The molecule has 1 aliphatic carbocycles. The Bertz CT molecular complexity index is 1140. The number of carbonyl (C=O) groups excluding carboxylic acids is 3. The maximum atomic E-state index is 14.2. The Hall–Kier alpha value is -2.91. The number of carbonyl (C=O) groups is 3. The molecular weight excluding hydrogens is 528 g/mol. The van der Waals surface area contributed by atoms with E-state index < -0.39 is 18.9 Å². The summed E-state index contributed by atoms with van der Waals surface area (Å²) in [6.07, 6.45) is 4.95. The fraction of sp³-hybridized carbons (Fsp3) is 0.581. The zero-order valence-electron chi connectivity index (χ0n) is 24.1. The fourth-order valence-electron chi connectivity index (χ4n) is 5.38. The minimum Gasteiger partial charge on any atom is -0.431 e. The smallest absolute Gasteiger partial charge is 0.431 e. The molecule has 40 heavy (non-hydrogen) atoms. The molecule has 1 aromatic heterocycles. The Kier molecular flexibility index (Phi) is 10.6. The highest BCUT2D eigenvalue weighted by Crippen LogP contribution is 2.41. The number of nitrogens with zero attached hydrogens (tertiary/aromatic N) is 2. The predicted octanol–water partition coefficient (Wildman–Crippen LogP) is 6.73. The van der Waals surface area contributed by atoms with Gasteiger partial charge >= 0.3 is 12.1 Å². The topological polar surface area (TPSA) is 85.4 Å². The summed E-state index contributed by atoms with van der Waals surface area (Å²) in [5, 5.41) is 0. The summed E-state index contributed by atoms with van der Waals surface area (Å²) in [4.78, 5) is 45.0. The van der Waals surface area contributed by atoms with Gasteiger partial charge in [0.1, 0.15) is 11.0 Å². The lowest BCUT2D eigenvalue weighted by molar-refractivity contribution is -0.124. The van der Waals surface area contributed by atoms with Crippen LogP contribution in [0.15, 0.2) is 36.4 Å². The normalized spacial score (nSPS) is 20.9. The van der Waals surface area contributed by atoms with E-state index in [1.807, 2.05) is 48.2 Å². The number of esters is 1. The third kappa shape index (κ3) is 7.63. The van der Waals surface area contributed by atoms with E-state index in [0.29, 0.717) is 22.9 Å². The van der Waals surface area contributed by atoms with E-state index in [4.69, 9.17) is 14.2 Å². The monoisotopic (exact) mass is 570 g/mol. The number of likely N-dealkylation sites (tertiary alicyclic amines) is 1. The second-order valence-corrected chi connectivity index (χ2v) is 12.2. The lowest BCUT2D eigenvalue weighted by atomic mass is 9.82. The molecule has 1 amide bonds. The van der Waals surface area contributed by atoms with Gasteiger partial charge in [0.15, 0.2) is 0 Å². The van der Waals surface area contributed by atoms with Crippen molar-refractivity contribution in [2.24, 2.45) is 11.8 Å². The van der Waals surface area contributed by atoms with E-state index in [1.165, 1.54) is 11.3 Å². The fourth-order valence-corrected chi connectivity index (χ4v) is 6.43. The number of anilines is 1. The van der Waals surface area contributed by atoms with Crippen LogP contribution in [0.5, 0.6) is 0 Å². The van der Waals surface area contributed by atoms with Crippen molar-refractivity contribution >= 4 is 35.1 Å². The highest BCUT2D eigenvalue weighted by Gasteiger charge is 2.37. The van der Waals surface area contributed by atoms with Crippen LogP contribution in [0.3, 0.4) is 0 Å². The van der Waals surface area contributed by atoms with Gasteiger partial charge in [0.25, 0.3) is 0 Å². The second kappa shape index (κ2) is 14.1. The molecule has 1 saturated carbocycles. The molecule has 2 fully saturated rings. The van der Waals surface area contributed by atoms with Gasteiger partial charge in [0, 0.05) is 16.8 Å². The Labute approximate surface area is 241 Å². The number of amides is 1. The quantitative estimate of drug-likeness (QED) is 0.244. The first-order valence-corrected chi connectivity index (χ1v) is 15.3. The van der Waals surface area contributed by atoms with E-state index in [1.54, 1.807) is 6.92 Å². The van der Waals surface area contributed by atoms with Crippen molar-refractivity contribution in [2.75, 3.05) is 31.8 Å². The third-order valence-electron chi connectivity index (χ3n) is 8.11. The van der Waals surface area contributed by atoms with Crippen LogP contribution in [0.2, 0.25) is 0 Å². The summed E-state index contributed by atoms with van der Waals surface area (Å²) in [6.45, 7) is 7.11. The van der Waals surface area contributed by atoms with Crippen LogP contribution in [0.4, 0.5) is 10.5 Å². The molecule has 1 saturated heterocycles. The van der Waals surface area contributed by atoms with Crippen LogP contribution < -0.4 is 4.90 Å². The zero-order valence-corrected chi connectivity index (χ0v) is 24.9. The molecule has 218 valence electrons. The Morgan fingerprint density at radius 1 is 1.02 bits per heavy atom. The SMILES string of the molecule is CC[C@@H](C)OC(=O)OCOC(=O)c1sc(-c2ccccc2)cc1N(C(=O)C1CCC(C)CC1)C1CCN(C)CC1. The van der Waals surface area contributed by atoms with Gasteiger partial charge in [-0.2, -0.15) is 0 Å². The number of thiophene rings is 1. The maximum Gasteiger partial charge on any atom is 0.511 e. The average Bonchev–Trinajstić information content (AvgIpc) is 3.40. The first-order chi connectivity index (χ1) is 19.3. The second-order valence-electron chi connectivity index (χ2n) is 11.2. The third-order valence-corrected chi connectivity index (χ3v) is 9.26. The van der Waals surface area contributed by atoms with Gasteiger partial charge in [-0.15, -0.1) is 11.3 Å². The van der Waals surface area contributed by atoms with Gasteiger partial charge in [-0.05, 0) is 89.6 Å². The average molecular weight is 571 g/mol. The maximum absolute atomic E-state index is 14.2. The van der Waals surface area contributed by atoms with Gasteiger partial charge in [0.05, 0.1) is 5.69 Å². The van der Waals surface area contributed by atoms with Crippen LogP contribution in [0.25, 0.3) is 10.4 Å². The van der Waals surface area contributed by atoms with Crippen molar-refractivity contribution in [1.82, 2.24) is 4.90 Å². The summed E-state index contributed by atoms with van der Waals surface area (Å²) < 4.78 is 15.5. The van der Waals surface area contributed by atoms with Crippen LogP contribution in [-0.2, 0) is 19.0 Å². The van der Waals surface area contributed by atoms with Crippen molar-refractivity contribution in [1.29, 1.82) is 0 Å².